The number of hydrogen-bond donors (Lipinski definition) is 1. The fourth-order valence-corrected chi connectivity index (χ4v) is 2.96. The first-order valence-corrected chi connectivity index (χ1v) is 8.25. The van der Waals surface area contributed by atoms with Crippen molar-refractivity contribution in [2.24, 2.45) is 0 Å². The van der Waals surface area contributed by atoms with E-state index in [2.05, 4.69) is 17.6 Å². The molecule has 0 unspecified atom stereocenters. The third kappa shape index (κ3) is 3.28. The average molecular weight is 341 g/mol. The van der Waals surface area contributed by atoms with Crippen LogP contribution in [0.3, 0.4) is 0 Å². The van der Waals surface area contributed by atoms with E-state index in [1.165, 1.54) is 0 Å². The number of nitrogens with zero attached hydrogens (tertiary/aromatic N) is 2. The van der Waals surface area contributed by atoms with E-state index >= 15 is 0 Å². The quantitative estimate of drug-likeness (QED) is 0.680. The lowest BCUT2D eigenvalue weighted by Gasteiger charge is -2.16. The van der Waals surface area contributed by atoms with Gasteiger partial charge >= 0.3 is 0 Å². The van der Waals surface area contributed by atoms with E-state index in [1.807, 2.05) is 61.5 Å². The van der Waals surface area contributed by atoms with Crippen molar-refractivity contribution in [1.29, 1.82) is 5.26 Å². The molecule has 4 heteroatoms. The minimum Gasteiger partial charge on any atom is -0.490 e. The molecule has 3 rings (SSSR count). The molecular formula is C22H19N3O. The summed E-state index contributed by atoms with van der Waals surface area (Å²) >= 11 is 0. The Morgan fingerprint density at radius 2 is 1.73 bits per heavy atom. The van der Waals surface area contributed by atoms with Crippen molar-refractivity contribution >= 4 is 5.82 Å². The lowest BCUT2D eigenvalue weighted by molar-refractivity contribution is 0.363. The number of anilines is 1. The normalized spacial score (nSPS) is 10.2. The first-order chi connectivity index (χ1) is 12.7. The smallest absolute Gasteiger partial charge is 0.142 e. The van der Waals surface area contributed by atoms with Crippen LogP contribution in [0.15, 0.2) is 67.3 Å². The van der Waals surface area contributed by atoms with Crippen LogP contribution >= 0.6 is 0 Å². The molecule has 0 aliphatic heterocycles. The molecule has 0 aliphatic carbocycles. The van der Waals surface area contributed by atoms with Gasteiger partial charge in [0.1, 0.15) is 29.8 Å². The fourth-order valence-electron chi connectivity index (χ4n) is 2.96. The standard InChI is InChI=1S/C22H19N3O/c1-3-13-26-18-11-9-17(10-12-18)21-19(14-23)22(24)25-15(2)20(21)16-7-5-4-6-8-16/h3-12H,1,13H2,2H3,(H2,24,25). The summed E-state index contributed by atoms with van der Waals surface area (Å²) in [6, 6.07) is 19.7. The number of nitriles is 1. The SMILES string of the molecule is C=CCOc1ccc(-c2c(C#N)c(N)nc(C)c2-c2ccccc2)cc1. The lowest BCUT2D eigenvalue weighted by Crippen LogP contribution is -2.03. The number of benzene rings is 2. The van der Waals surface area contributed by atoms with E-state index in [-0.39, 0.29) is 5.82 Å². The molecule has 128 valence electrons. The molecule has 0 atom stereocenters. The zero-order valence-electron chi connectivity index (χ0n) is 14.6. The van der Waals surface area contributed by atoms with Crippen molar-refractivity contribution < 1.29 is 4.74 Å². The molecule has 0 radical (unpaired) electrons. The van der Waals surface area contributed by atoms with E-state index in [9.17, 15) is 5.26 Å². The Morgan fingerprint density at radius 1 is 1.08 bits per heavy atom. The summed E-state index contributed by atoms with van der Waals surface area (Å²) in [5.41, 5.74) is 10.8. The molecule has 0 spiro atoms. The predicted molar refractivity (Wildman–Crippen MR) is 105 cm³/mol. The number of aryl methyl sites for hydroxylation is 1. The molecular weight excluding hydrogens is 322 g/mol. The highest BCUT2D eigenvalue weighted by atomic mass is 16.5. The monoisotopic (exact) mass is 341 g/mol. The van der Waals surface area contributed by atoms with E-state index in [4.69, 9.17) is 10.5 Å². The van der Waals surface area contributed by atoms with Crippen molar-refractivity contribution in [2.75, 3.05) is 12.3 Å². The Morgan fingerprint density at radius 3 is 2.35 bits per heavy atom. The molecule has 3 aromatic rings. The number of rotatable bonds is 5. The Balaban J connectivity index is 2.22. The average Bonchev–Trinajstić information content (AvgIpc) is 2.67. The topological polar surface area (TPSA) is 71.9 Å². The Kier molecular flexibility index (Phi) is 5.00. The number of hydrogen-bond acceptors (Lipinski definition) is 4. The van der Waals surface area contributed by atoms with Crippen LogP contribution < -0.4 is 10.5 Å². The van der Waals surface area contributed by atoms with Crippen molar-refractivity contribution in [3.05, 3.63) is 78.5 Å². The summed E-state index contributed by atoms with van der Waals surface area (Å²) in [6.07, 6.45) is 1.70. The van der Waals surface area contributed by atoms with Crippen LogP contribution in [-0.4, -0.2) is 11.6 Å². The van der Waals surface area contributed by atoms with Gasteiger partial charge in [-0.25, -0.2) is 4.98 Å². The van der Waals surface area contributed by atoms with Gasteiger partial charge in [0.05, 0.1) is 0 Å². The van der Waals surface area contributed by atoms with E-state index in [1.54, 1.807) is 6.08 Å². The molecule has 0 aliphatic rings. The minimum atomic E-state index is 0.242. The van der Waals surface area contributed by atoms with E-state index in [0.29, 0.717) is 12.2 Å². The molecule has 0 saturated heterocycles. The van der Waals surface area contributed by atoms with Crippen LogP contribution in [0.25, 0.3) is 22.3 Å². The van der Waals surface area contributed by atoms with Gasteiger partial charge < -0.3 is 10.5 Å². The number of nitrogen functional groups attached to an aromatic ring is 1. The third-order valence-electron chi connectivity index (χ3n) is 4.09. The Hall–Kier alpha value is -3.58. The number of aromatic nitrogens is 1. The van der Waals surface area contributed by atoms with Gasteiger partial charge in [-0.05, 0) is 30.2 Å². The largest absolute Gasteiger partial charge is 0.490 e. The third-order valence-corrected chi connectivity index (χ3v) is 4.09. The zero-order valence-corrected chi connectivity index (χ0v) is 14.6. The second kappa shape index (κ2) is 7.54. The van der Waals surface area contributed by atoms with Gasteiger partial charge in [0.15, 0.2) is 0 Å². The summed E-state index contributed by atoms with van der Waals surface area (Å²) in [4.78, 5) is 4.38. The minimum absolute atomic E-state index is 0.242. The highest BCUT2D eigenvalue weighted by Gasteiger charge is 2.19. The molecule has 1 heterocycles. The first kappa shape index (κ1) is 17.2. The summed E-state index contributed by atoms with van der Waals surface area (Å²) < 4.78 is 5.54. The van der Waals surface area contributed by atoms with Crippen molar-refractivity contribution in [2.45, 2.75) is 6.92 Å². The second-order valence-corrected chi connectivity index (χ2v) is 5.81. The molecule has 1 aromatic heterocycles. The van der Waals surface area contributed by atoms with E-state index in [0.717, 1.165) is 33.7 Å². The number of ether oxygens (including phenoxy) is 1. The van der Waals surface area contributed by atoms with Gasteiger partial charge in [0.25, 0.3) is 0 Å². The van der Waals surface area contributed by atoms with Crippen LogP contribution in [0.1, 0.15) is 11.3 Å². The fraction of sp³-hybridized carbons (Fsp3) is 0.0909. The molecule has 0 amide bonds. The van der Waals surface area contributed by atoms with Gasteiger partial charge in [-0.3, -0.25) is 0 Å². The van der Waals surface area contributed by atoms with Crippen LogP contribution in [0.4, 0.5) is 5.82 Å². The Labute approximate surface area is 153 Å². The lowest BCUT2D eigenvalue weighted by atomic mass is 9.90. The summed E-state index contributed by atoms with van der Waals surface area (Å²) in [5, 5.41) is 9.69. The number of pyridine rings is 1. The summed E-state index contributed by atoms with van der Waals surface area (Å²) in [7, 11) is 0. The maximum absolute atomic E-state index is 9.69. The molecule has 0 fully saturated rings. The summed E-state index contributed by atoms with van der Waals surface area (Å²) in [5.74, 6) is 0.985. The maximum Gasteiger partial charge on any atom is 0.142 e. The van der Waals surface area contributed by atoms with Gasteiger partial charge in [0, 0.05) is 16.8 Å². The zero-order chi connectivity index (χ0) is 18.5. The van der Waals surface area contributed by atoms with Crippen molar-refractivity contribution in [3.63, 3.8) is 0 Å². The van der Waals surface area contributed by atoms with Gasteiger partial charge in [0.2, 0.25) is 0 Å². The van der Waals surface area contributed by atoms with Crippen LogP contribution in [0.2, 0.25) is 0 Å². The summed E-state index contributed by atoms with van der Waals surface area (Å²) in [6.45, 7) is 6.00. The van der Waals surface area contributed by atoms with Crippen molar-refractivity contribution in [3.8, 4) is 34.1 Å². The van der Waals surface area contributed by atoms with Crippen LogP contribution in [0, 0.1) is 18.3 Å². The second-order valence-electron chi connectivity index (χ2n) is 5.81. The molecule has 0 saturated carbocycles. The first-order valence-electron chi connectivity index (χ1n) is 8.25. The van der Waals surface area contributed by atoms with Crippen LogP contribution in [-0.2, 0) is 0 Å². The highest BCUT2D eigenvalue weighted by molar-refractivity contribution is 5.91. The van der Waals surface area contributed by atoms with E-state index < -0.39 is 0 Å². The number of nitrogens with two attached hydrogens (primary N) is 1. The van der Waals surface area contributed by atoms with Gasteiger partial charge in [-0.15, -0.1) is 0 Å². The van der Waals surface area contributed by atoms with Gasteiger partial charge in [-0.2, -0.15) is 5.26 Å². The molecule has 2 N–H and O–H groups in total. The molecule has 26 heavy (non-hydrogen) atoms. The molecule has 0 bridgehead atoms. The predicted octanol–water partition coefficient (Wildman–Crippen LogP) is 4.74. The molecule has 2 aromatic carbocycles. The Bertz CT molecular complexity index is 971. The molecule has 4 nitrogen and oxygen atoms in total. The van der Waals surface area contributed by atoms with Gasteiger partial charge in [-0.1, -0.05) is 55.1 Å². The maximum atomic E-state index is 9.69. The van der Waals surface area contributed by atoms with Crippen molar-refractivity contribution in [1.82, 2.24) is 4.98 Å². The highest BCUT2D eigenvalue weighted by Crippen LogP contribution is 2.39. The van der Waals surface area contributed by atoms with Crippen LogP contribution in [0.5, 0.6) is 5.75 Å².